The van der Waals surface area contributed by atoms with Gasteiger partial charge >= 0.3 is 0 Å². The molecule has 1 heterocycles. The Hall–Kier alpha value is -1.87. The van der Waals surface area contributed by atoms with E-state index in [1.807, 2.05) is 30.8 Å². The van der Waals surface area contributed by atoms with Crippen LogP contribution in [0.15, 0.2) is 40.8 Å². The average molecular weight is 355 g/mol. The van der Waals surface area contributed by atoms with Crippen LogP contribution in [0, 0.1) is 20.8 Å². The molecule has 0 atom stereocenters. The minimum absolute atomic E-state index is 0.532. The molecule has 0 N–H and O–H groups in total. The predicted octanol–water partition coefficient (Wildman–Crippen LogP) is 6.23. The Morgan fingerprint density at radius 3 is 2.72 bits per heavy atom. The molecule has 25 heavy (non-hydrogen) atoms. The van der Waals surface area contributed by atoms with E-state index in [4.69, 9.17) is 9.15 Å². The van der Waals surface area contributed by atoms with E-state index in [1.165, 1.54) is 34.3 Å². The van der Waals surface area contributed by atoms with E-state index >= 15 is 0 Å². The number of fused-ring (bicyclic) bond motifs is 1. The van der Waals surface area contributed by atoms with Crippen LogP contribution >= 0.6 is 11.8 Å². The van der Waals surface area contributed by atoms with Crippen LogP contribution in [0.1, 0.15) is 34.4 Å². The molecule has 0 amide bonds. The molecule has 132 valence electrons. The third-order valence-electron chi connectivity index (χ3n) is 4.63. The number of aryl methyl sites for hydroxylation is 3. The van der Waals surface area contributed by atoms with Crippen molar-refractivity contribution in [3.8, 4) is 5.75 Å². The lowest BCUT2D eigenvalue weighted by Gasteiger charge is -2.12. The second-order valence-electron chi connectivity index (χ2n) is 6.61. The molecule has 0 saturated carbocycles. The van der Waals surface area contributed by atoms with Crippen molar-refractivity contribution in [2.45, 2.75) is 40.2 Å². The van der Waals surface area contributed by atoms with Crippen molar-refractivity contribution in [1.29, 1.82) is 0 Å². The molecular weight excluding hydrogens is 328 g/mol. The Morgan fingerprint density at radius 1 is 1.08 bits per heavy atom. The summed E-state index contributed by atoms with van der Waals surface area (Å²) in [5, 5.41) is 1.18. The second kappa shape index (κ2) is 8.01. The number of hydrogen-bond acceptors (Lipinski definition) is 3. The first-order valence-electron chi connectivity index (χ1n) is 8.78. The van der Waals surface area contributed by atoms with E-state index in [2.05, 4.69) is 44.4 Å². The second-order valence-corrected chi connectivity index (χ2v) is 7.60. The molecule has 0 aliphatic heterocycles. The van der Waals surface area contributed by atoms with Crippen LogP contribution in [0.3, 0.4) is 0 Å². The Morgan fingerprint density at radius 2 is 1.92 bits per heavy atom. The summed E-state index contributed by atoms with van der Waals surface area (Å²) in [4.78, 5) is 0. The van der Waals surface area contributed by atoms with Gasteiger partial charge in [-0.2, -0.15) is 11.8 Å². The molecule has 0 bridgehead atoms. The molecule has 2 aromatic carbocycles. The van der Waals surface area contributed by atoms with Crippen molar-refractivity contribution in [3.63, 3.8) is 0 Å². The highest BCUT2D eigenvalue weighted by molar-refractivity contribution is 7.98. The fourth-order valence-electron chi connectivity index (χ4n) is 3.13. The first-order chi connectivity index (χ1) is 12.1. The topological polar surface area (TPSA) is 22.4 Å². The normalized spacial score (nSPS) is 11.2. The molecule has 3 aromatic rings. The summed E-state index contributed by atoms with van der Waals surface area (Å²) < 4.78 is 12.1. The fourth-order valence-corrected chi connectivity index (χ4v) is 3.56. The molecular formula is C22H26O2S. The lowest BCUT2D eigenvalue weighted by molar-refractivity contribution is 0.303. The van der Waals surface area contributed by atoms with Gasteiger partial charge in [0.1, 0.15) is 23.7 Å². The smallest absolute Gasteiger partial charge is 0.140 e. The monoisotopic (exact) mass is 354 g/mol. The van der Waals surface area contributed by atoms with Gasteiger partial charge in [-0.25, -0.2) is 0 Å². The summed E-state index contributed by atoms with van der Waals surface area (Å²) in [6, 6.07) is 12.8. The van der Waals surface area contributed by atoms with Gasteiger partial charge in [0.2, 0.25) is 0 Å². The Balaban J connectivity index is 1.86. The molecule has 0 spiro atoms. The Kier molecular flexibility index (Phi) is 5.74. The van der Waals surface area contributed by atoms with Gasteiger partial charge < -0.3 is 9.15 Å². The third-order valence-corrected chi connectivity index (χ3v) is 5.33. The molecule has 2 nitrogen and oxygen atoms in total. The molecule has 0 aliphatic rings. The quantitative estimate of drug-likeness (QED) is 0.469. The Labute approximate surface area is 154 Å². The zero-order chi connectivity index (χ0) is 17.8. The van der Waals surface area contributed by atoms with Crippen molar-refractivity contribution < 1.29 is 9.15 Å². The van der Waals surface area contributed by atoms with Crippen LogP contribution in [0.25, 0.3) is 11.0 Å². The van der Waals surface area contributed by atoms with Crippen molar-refractivity contribution in [3.05, 3.63) is 64.4 Å². The first kappa shape index (κ1) is 17.9. The van der Waals surface area contributed by atoms with E-state index in [0.29, 0.717) is 6.61 Å². The Bertz CT molecular complexity index is 864. The van der Waals surface area contributed by atoms with E-state index in [1.54, 1.807) is 0 Å². The van der Waals surface area contributed by atoms with Crippen LogP contribution in [-0.2, 0) is 13.0 Å². The molecule has 3 heteroatoms. The summed E-state index contributed by atoms with van der Waals surface area (Å²) >= 11 is 1.90. The minimum atomic E-state index is 0.532. The van der Waals surface area contributed by atoms with Gasteiger partial charge in [-0.05, 0) is 86.6 Å². The van der Waals surface area contributed by atoms with Gasteiger partial charge in [0, 0.05) is 10.9 Å². The predicted molar refractivity (Wildman–Crippen MR) is 108 cm³/mol. The number of hydrogen-bond donors (Lipinski definition) is 0. The largest absolute Gasteiger partial charge is 0.488 e. The maximum atomic E-state index is 6.14. The molecule has 3 rings (SSSR count). The summed E-state index contributed by atoms with van der Waals surface area (Å²) in [5.74, 6) is 3.09. The zero-order valence-electron chi connectivity index (χ0n) is 15.5. The van der Waals surface area contributed by atoms with Gasteiger partial charge in [-0.1, -0.05) is 12.1 Å². The van der Waals surface area contributed by atoms with Gasteiger partial charge in [0.05, 0.1) is 0 Å². The number of thioether (sulfide) groups is 1. The maximum Gasteiger partial charge on any atom is 0.140 e. The van der Waals surface area contributed by atoms with Crippen molar-refractivity contribution >= 4 is 22.7 Å². The van der Waals surface area contributed by atoms with E-state index in [9.17, 15) is 0 Å². The van der Waals surface area contributed by atoms with Gasteiger partial charge in [-0.3, -0.25) is 0 Å². The van der Waals surface area contributed by atoms with Crippen LogP contribution in [0.4, 0.5) is 0 Å². The lowest BCUT2D eigenvalue weighted by Crippen LogP contribution is -2.00. The van der Waals surface area contributed by atoms with E-state index < -0.39 is 0 Å². The highest BCUT2D eigenvalue weighted by Crippen LogP contribution is 2.28. The molecule has 0 fully saturated rings. The van der Waals surface area contributed by atoms with Crippen molar-refractivity contribution in [1.82, 2.24) is 0 Å². The van der Waals surface area contributed by atoms with Crippen LogP contribution < -0.4 is 4.74 Å². The standard InChI is InChI=1S/C22H26O2S/c1-15-7-5-9-21(17(15)3)23-14-20-13-18(8-6-10-25-4)12-19-11-16(2)24-22(19)20/h5,7,9,11-13H,6,8,10,14H2,1-4H3. The summed E-state index contributed by atoms with van der Waals surface area (Å²) in [6.07, 6.45) is 4.45. The lowest BCUT2D eigenvalue weighted by atomic mass is 10.0. The molecule has 0 aliphatic carbocycles. The van der Waals surface area contributed by atoms with Crippen molar-refractivity contribution in [2.75, 3.05) is 12.0 Å². The minimum Gasteiger partial charge on any atom is -0.488 e. The zero-order valence-corrected chi connectivity index (χ0v) is 16.3. The van der Waals surface area contributed by atoms with E-state index in [-0.39, 0.29) is 0 Å². The van der Waals surface area contributed by atoms with Gasteiger partial charge in [0.25, 0.3) is 0 Å². The fraction of sp³-hybridized carbons (Fsp3) is 0.364. The van der Waals surface area contributed by atoms with Crippen LogP contribution in [0.5, 0.6) is 5.75 Å². The number of rotatable bonds is 7. The maximum absolute atomic E-state index is 6.14. The summed E-state index contributed by atoms with van der Waals surface area (Å²) in [5.41, 5.74) is 5.90. The third kappa shape index (κ3) is 4.21. The van der Waals surface area contributed by atoms with Gasteiger partial charge in [0.15, 0.2) is 0 Å². The number of benzene rings is 2. The summed E-state index contributed by atoms with van der Waals surface area (Å²) in [7, 11) is 0. The number of furan rings is 1. The number of ether oxygens (including phenoxy) is 1. The van der Waals surface area contributed by atoms with Crippen molar-refractivity contribution in [2.24, 2.45) is 0 Å². The summed E-state index contributed by atoms with van der Waals surface area (Å²) in [6.45, 7) is 6.76. The molecule has 1 aromatic heterocycles. The van der Waals surface area contributed by atoms with Gasteiger partial charge in [-0.15, -0.1) is 0 Å². The average Bonchev–Trinajstić information content (AvgIpc) is 2.96. The molecule has 0 saturated heterocycles. The first-order valence-corrected chi connectivity index (χ1v) is 10.2. The highest BCUT2D eigenvalue weighted by atomic mass is 32.2. The molecule has 0 unspecified atom stereocenters. The molecule has 0 radical (unpaired) electrons. The highest BCUT2D eigenvalue weighted by Gasteiger charge is 2.11. The SMILES string of the molecule is CSCCCc1cc(COc2cccc(C)c2C)c2oc(C)cc2c1. The van der Waals surface area contributed by atoms with Crippen LogP contribution in [-0.4, -0.2) is 12.0 Å². The van der Waals surface area contributed by atoms with E-state index in [0.717, 1.165) is 29.1 Å². The van der Waals surface area contributed by atoms with Crippen LogP contribution in [0.2, 0.25) is 0 Å².